The van der Waals surface area contributed by atoms with Gasteiger partial charge in [0.25, 0.3) is 0 Å². The van der Waals surface area contributed by atoms with Crippen molar-refractivity contribution in [2.24, 2.45) is 5.92 Å². The Kier molecular flexibility index (Phi) is 5.40. The lowest BCUT2D eigenvalue weighted by Gasteiger charge is -2.15. The zero-order valence-corrected chi connectivity index (χ0v) is 13.0. The largest absolute Gasteiger partial charge is 0.489 e. The van der Waals surface area contributed by atoms with Crippen LogP contribution in [0.5, 0.6) is 5.75 Å². The smallest absolute Gasteiger partial charge is 0.127 e. The van der Waals surface area contributed by atoms with E-state index in [1.54, 1.807) is 0 Å². The highest BCUT2D eigenvalue weighted by molar-refractivity contribution is 6.30. The highest BCUT2D eigenvalue weighted by Gasteiger charge is 2.14. The summed E-state index contributed by atoms with van der Waals surface area (Å²) >= 11 is 5.85. The van der Waals surface area contributed by atoms with Crippen molar-refractivity contribution in [3.63, 3.8) is 0 Å². The molecule has 0 fully saturated rings. The first-order valence-electron chi connectivity index (χ1n) is 7.02. The van der Waals surface area contributed by atoms with Gasteiger partial charge in [-0.2, -0.15) is 0 Å². The molecular formula is C18H19ClO2. The Hall–Kier alpha value is -1.80. The van der Waals surface area contributed by atoms with Crippen LogP contribution in [-0.4, -0.2) is 6.29 Å². The molecule has 0 N–H and O–H groups in total. The third-order valence-corrected chi connectivity index (χ3v) is 3.70. The lowest BCUT2D eigenvalue weighted by molar-refractivity contribution is -0.109. The summed E-state index contributed by atoms with van der Waals surface area (Å²) in [6.07, 6.45) is 1.01. The van der Waals surface area contributed by atoms with Crippen LogP contribution < -0.4 is 4.74 Å². The summed E-state index contributed by atoms with van der Waals surface area (Å²) in [5, 5.41) is 0.719. The van der Waals surface area contributed by atoms with Crippen LogP contribution in [0.3, 0.4) is 0 Å². The average molecular weight is 303 g/mol. The molecule has 3 heteroatoms. The number of hydrogen-bond donors (Lipinski definition) is 0. The van der Waals surface area contributed by atoms with Crippen molar-refractivity contribution in [1.29, 1.82) is 0 Å². The standard InChI is InChI=1S/C18H19ClO2/c1-13(2)18(11-20)15-5-9-17(10-6-15)21-12-14-3-7-16(19)8-4-14/h3-11,13,18H,12H2,1-2H3. The monoisotopic (exact) mass is 302 g/mol. The fourth-order valence-corrected chi connectivity index (χ4v) is 2.28. The fraction of sp³-hybridized carbons (Fsp3) is 0.278. The molecule has 110 valence electrons. The molecule has 2 rings (SSSR count). The van der Waals surface area contributed by atoms with Gasteiger partial charge in [-0.1, -0.05) is 49.7 Å². The van der Waals surface area contributed by atoms with Gasteiger partial charge in [-0.25, -0.2) is 0 Å². The van der Waals surface area contributed by atoms with Crippen molar-refractivity contribution in [2.45, 2.75) is 26.4 Å². The second-order valence-electron chi connectivity index (χ2n) is 5.39. The number of carbonyl (C=O) groups is 1. The van der Waals surface area contributed by atoms with Gasteiger partial charge in [0.05, 0.1) is 0 Å². The summed E-state index contributed by atoms with van der Waals surface area (Å²) in [5.74, 6) is 1.03. The minimum absolute atomic E-state index is 0.0599. The van der Waals surface area contributed by atoms with Gasteiger partial charge in [-0.15, -0.1) is 0 Å². The van der Waals surface area contributed by atoms with Gasteiger partial charge < -0.3 is 9.53 Å². The molecule has 0 saturated heterocycles. The molecular weight excluding hydrogens is 284 g/mol. The predicted molar refractivity (Wildman–Crippen MR) is 85.9 cm³/mol. The molecule has 0 radical (unpaired) electrons. The highest BCUT2D eigenvalue weighted by atomic mass is 35.5. The Labute approximate surface area is 130 Å². The summed E-state index contributed by atoms with van der Waals surface area (Å²) in [4.78, 5) is 11.1. The molecule has 0 aliphatic carbocycles. The van der Waals surface area contributed by atoms with Gasteiger partial charge in [0, 0.05) is 10.9 Å². The molecule has 2 nitrogen and oxygen atoms in total. The molecule has 1 atom stereocenters. The van der Waals surface area contributed by atoms with E-state index < -0.39 is 0 Å². The lowest BCUT2D eigenvalue weighted by atomic mass is 9.90. The average Bonchev–Trinajstić information content (AvgIpc) is 2.48. The van der Waals surface area contributed by atoms with E-state index in [1.807, 2.05) is 62.4 Å². The van der Waals surface area contributed by atoms with Crippen molar-refractivity contribution in [3.05, 3.63) is 64.7 Å². The molecule has 0 aromatic heterocycles. The Bertz CT molecular complexity index is 573. The van der Waals surface area contributed by atoms with E-state index in [-0.39, 0.29) is 5.92 Å². The SMILES string of the molecule is CC(C)C(C=O)c1ccc(OCc2ccc(Cl)cc2)cc1. The van der Waals surface area contributed by atoms with Gasteiger partial charge in [-0.05, 0) is 41.3 Å². The van der Waals surface area contributed by atoms with Crippen LogP contribution >= 0.6 is 11.6 Å². The van der Waals surface area contributed by atoms with E-state index in [2.05, 4.69) is 0 Å². The van der Waals surface area contributed by atoms with Crippen LogP contribution in [-0.2, 0) is 11.4 Å². The second kappa shape index (κ2) is 7.28. The minimum Gasteiger partial charge on any atom is -0.489 e. The van der Waals surface area contributed by atoms with Crippen LogP contribution in [0.2, 0.25) is 5.02 Å². The zero-order valence-electron chi connectivity index (χ0n) is 12.3. The number of halogens is 1. The van der Waals surface area contributed by atoms with Crippen LogP contribution in [0, 0.1) is 5.92 Å². The number of rotatable bonds is 6. The molecule has 0 saturated carbocycles. The van der Waals surface area contributed by atoms with Crippen molar-refractivity contribution in [1.82, 2.24) is 0 Å². The summed E-state index contributed by atoms with van der Waals surface area (Å²) in [7, 11) is 0. The van der Waals surface area contributed by atoms with Gasteiger partial charge in [0.15, 0.2) is 0 Å². The number of ether oxygens (including phenoxy) is 1. The summed E-state index contributed by atoms with van der Waals surface area (Å²) in [6, 6.07) is 15.3. The molecule has 1 unspecified atom stereocenters. The molecule has 0 amide bonds. The van der Waals surface area contributed by atoms with Gasteiger partial charge in [0.2, 0.25) is 0 Å². The van der Waals surface area contributed by atoms with Gasteiger partial charge >= 0.3 is 0 Å². The highest BCUT2D eigenvalue weighted by Crippen LogP contribution is 2.24. The van der Waals surface area contributed by atoms with Crippen molar-refractivity contribution >= 4 is 17.9 Å². The Balaban J connectivity index is 1.99. The van der Waals surface area contributed by atoms with Crippen LogP contribution in [0.1, 0.15) is 30.9 Å². The van der Waals surface area contributed by atoms with Crippen LogP contribution in [0.4, 0.5) is 0 Å². The summed E-state index contributed by atoms with van der Waals surface area (Å²) in [6.45, 7) is 4.59. The van der Waals surface area contributed by atoms with E-state index in [0.717, 1.165) is 28.2 Å². The number of carbonyl (C=O) groups excluding carboxylic acids is 1. The molecule has 0 heterocycles. The van der Waals surface area contributed by atoms with E-state index in [1.165, 1.54) is 0 Å². The molecule has 0 aliphatic rings. The van der Waals surface area contributed by atoms with Crippen LogP contribution in [0.25, 0.3) is 0 Å². The third-order valence-electron chi connectivity index (χ3n) is 3.45. The number of hydrogen-bond acceptors (Lipinski definition) is 2. The first-order valence-corrected chi connectivity index (χ1v) is 7.40. The van der Waals surface area contributed by atoms with E-state index in [4.69, 9.17) is 16.3 Å². The maximum Gasteiger partial charge on any atom is 0.127 e. The quantitative estimate of drug-likeness (QED) is 0.712. The molecule has 21 heavy (non-hydrogen) atoms. The third kappa shape index (κ3) is 4.33. The first-order chi connectivity index (χ1) is 10.1. The molecule has 0 aliphatic heterocycles. The zero-order chi connectivity index (χ0) is 15.2. The van der Waals surface area contributed by atoms with Crippen LogP contribution in [0.15, 0.2) is 48.5 Å². The summed E-state index contributed by atoms with van der Waals surface area (Å²) < 4.78 is 5.73. The number of benzene rings is 2. The predicted octanol–water partition coefficient (Wildman–Crippen LogP) is 4.86. The lowest BCUT2D eigenvalue weighted by Crippen LogP contribution is -2.07. The van der Waals surface area contributed by atoms with Crippen molar-refractivity contribution in [3.8, 4) is 5.75 Å². The van der Waals surface area contributed by atoms with Crippen molar-refractivity contribution in [2.75, 3.05) is 0 Å². The molecule has 0 spiro atoms. The van der Waals surface area contributed by atoms with Crippen molar-refractivity contribution < 1.29 is 9.53 Å². The molecule has 0 bridgehead atoms. The maximum atomic E-state index is 11.1. The minimum atomic E-state index is -0.0599. The Morgan fingerprint density at radius 3 is 2.19 bits per heavy atom. The fourth-order valence-electron chi connectivity index (χ4n) is 2.15. The van der Waals surface area contributed by atoms with Gasteiger partial charge in [0.1, 0.15) is 18.6 Å². The van der Waals surface area contributed by atoms with E-state index in [9.17, 15) is 4.79 Å². The molecule has 2 aromatic carbocycles. The topological polar surface area (TPSA) is 26.3 Å². The first kappa shape index (κ1) is 15.6. The normalized spacial score (nSPS) is 12.2. The second-order valence-corrected chi connectivity index (χ2v) is 5.83. The molecule has 2 aromatic rings. The summed E-state index contributed by atoms with van der Waals surface area (Å²) in [5.41, 5.74) is 2.09. The van der Waals surface area contributed by atoms with E-state index in [0.29, 0.717) is 12.5 Å². The van der Waals surface area contributed by atoms with Gasteiger partial charge in [-0.3, -0.25) is 0 Å². The number of aldehydes is 1. The Morgan fingerprint density at radius 1 is 1.05 bits per heavy atom. The maximum absolute atomic E-state index is 11.1. The Morgan fingerprint density at radius 2 is 1.67 bits per heavy atom. The van der Waals surface area contributed by atoms with E-state index >= 15 is 0 Å².